The third-order valence-corrected chi connectivity index (χ3v) is 5.65. The number of hydrogen-bond donors (Lipinski definition) is 2. The quantitative estimate of drug-likeness (QED) is 0.641. The normalized spacial score (nSPS) is 12.4. The zero-order chi connectivity index (χ0) is 15.4. The zero-order valence-corrected chi connectivity index (χ0v) is 13.0. The number of carbonyl (C=O) groups is 1. The van der Waals surface area contributed by atoms with Crippen molar-refractivity contribution < 1.29 is 26.7 Å². The van der Waals surface area contributed by atoms with Crippen LogP contribution in [-0.4, -0.2) is 57.2 Å². The fourth-order valence-electron chi connectivity index (χ4n) is 1.17. The van der Waals surface area contributed by atoms with E-state index in [2.05, 4.69) is 9.71 Å². The molecule has 0 unspecified atom stereocenters. The number of hydrogen-bond acceptors (Lipinski definition) is 7. The first kappa shape index (κ1) is 17.0. The minimum absolute atomic E-state index is 0.0403. The molecule has 1 rings (SSSR count). The summed E-state index contributed by atoms with van der Waals surface area (Å²) in [5.74, 6) is -2.08. The number of nitrogens with one attached hydrogen (secondary N) is 1. The standard InChI is InChI=1S/C9H14N2O6S3/c1-19(14,15)4-5-20(16,17)10-3-2-8-11-7(6-18-8)9(12)13/h6,10H,2-5H2,1H3,(H,12,13). The van der Waals surface area contributed by atoms with Crippen LogP contribution in [0.1, 0.15) is 15.5 Å². The molecule has 0 spiro atoms. The van der Waals surface area contributed by atoms with E-state index in [9.17, 15) is 21.6 Å². The van der Waals surface area contributed by atoms with Crippen molar-refractivity contribution in [1.29, 1.82) is 0 Å². The predicted octanol–water partition coefficient (Wildman–Crippen LogP) is -0.652. The molecule has 0 radical (unpaired) electrons. The first-order valence-corrected chi connectivity index (χ1v) is 10.0. The molecule has 0 fully saturated rings. The van der Waals surface area contributed by atoms with Crippen LogP contribution in [0, 0.1) is 0 Å². The van der Waals surface area contributed by atoms with E-state index in [0.717, 1.165) is 17.6 Å². The predicted molar refractivity (Wildman–Crippen MR) is 74.3 cm³/mol. The highest BCUT2D eigenvalue weighted by atomic mass is 32.2. The van der Waals surface area contributed by atoms with Crippen molar-refractivity contribution in [2.45, 2.75) is 6.42 Å². The number of aromatic nitrogens is 1. The summed E-state index contributed by atoms with van der Waals surface area (Å²) in [6.07, 6.45) is 1.21. The summed E-state index contributed by atoms with van der Waals surface area (Å²) in [6.45, 7) is 0.0403. The molecule has 0 saturated heterocycles. The second-order valence-electron chi connectivity index (χ2n) is 4.02. The number of rotatable bonds is 8. The molecule has 8 nitrogen and oxygen atoms in total. The van der Waals surface area contributed by atoms with Gasteiger partial charge in [-0.2, -0.15) is 0 Å². The molecule has 0 aliphatic rings. The molecule has 0 amide bonds. The fourth-order valence-corrected chi connectivity index (χ4v) is 4.59. The summed E-state index contributed by atoms with van der Waals surface area (Å²) >= 11 is 1.12. The maximum Gasteiger partial charge on any atom is 0.355 e. The van der Waals surface area contributed by atoms with Crippen LogP contribution in [0.2, 0.25) is 0 Å². The molecular weight excluding hydrogens is 328 g/mol. The fraction of sp³-hybridized carbons (Fsp3) is 0.556. The lowest BCUT2D eigenvalue weighted by atomic mass is 10.4. The van der Waals surface area contributed by atoms with E-state index in [0.29, 0.717) is 5.01 Å². The minimum Gasteiger partial charge on any atom is -0.476 e. The Morgan fingerprint density at radius 1 is 1.35 bits per heavy atom. The topological polar surface area (TPSA) is 130 Å². The number of aromatic carboxylic acids is 1. The lowest BCUT2D eigenvalue weighted by molar-refractivity contribution is 0.0691. The van der Waals surface area contributed by atoms with Crippen molar-refractivity contribution in [2.75, 3.05) is 24.3 Å². The molecule has 0 atom stereocenters. The molecule has 2 N–H and O–H groups in total. The number of carboxylic acids is 1. The second-order valence-corrected chi connectivity index (χ2v) is 9.15. The maximum atomic E-state index is 11.5. The Labute approximate surface area is 120 Å². The molecular formula is C9H14N2O6S3. The van der Waals surface area contributed by atoms with Crippen molar-refractivity contribution in [2.24, 2.45) is 0 Å². The number of sulfonamides is 1. The van der Waals surface area contributed by atoms with Crippen LogP contribution in [0.25, 0.3) is 0 Å². The van der Waals surface area contributed by atoms with E-state index in [-0.39, 0.29) is 18.7 Å². The van der Waals surface area contributed by atoms with Gasteiger partial charge in [0.2, 0.25) is 10.0 Å². The van der Waals surface area contributed by atoms with Gasteiger partial charge in [-0.05, 0) is 0 Å². The van der Waals surface area contributed by atoms with E-state index in [1.807, 2.05) is 0 Å². The Kier molecular flexibility index (Phi) is 5.62. The van der Waals surface area contributed by atoms with Gasteiger partial charge in [0.1, 0.15) is 9.84 Å². The van der Waals surface area contributed by atoms with Gasteiger partial charge < -0.3 is 5.11 Å². The van der Waals surface area contributed by atoms with E-state index in [1.54, 1.807) is 0 Å². The van der Waals surface area contributed by atoms with E-state index in [4.69, 9.17) is 5.11 Å². The highest BCUT2D eigenvalue weighted by Crippen LogP contribution is 2.10. The third kappa shape index (κ3) is 6.41. The summed E-state index contributed by atoms with van der Waals surface area (Å²) < 4.78 is 47.0. The summed E-state index contributed by atoms with van der Waals surface area (Å²) in [6, 6.07) is 0. The largest absolute Gasteiger partial charge is 0.476 e. The number of thiazole rings is 1. The first-order valence-electron chi connectivity index (χ1n) is 5.42. The Hall–Kier alpha value is -1.04. The van der Waals surface area contributed by atoms with E-state index in [1.165, 1.54) is 5.38 Å². The summed E-state index contributed by atoms with van der Waals surface area (Å²) in [5, 5.41) is 10.5. The first-order chi connectivity index (χ1) is 9.09. The molecule has 1 heterocycles. The maximum absolute atomic E-state index is 11.5. The Bertz CT molecular complexity index is 676. The third-order valence-electron chi connectivity index (χ3n) is 2.15. The van der Waals surface area contributed by atoms with Crippen LogP contribution in [0.15, 0.2) is 5.38 Å². The number of nitrogens with zero attached hydrogens (tertiary/aromatic N) is 1. The van der Waals surface area contributed by atoms with Gasteiger partial charge in [-0.1, -0.05) is 0 Å². The highest BCUT2D eigenvalue weighted by molar-refractivity contribution is 7.93. The van der Waals surface area contributed by atoms with Gasteiger partial charge in [0.05, 0.1) is 16.5 Å². The molecule has 20 heavy (non-hydrogen) atoms. The highest BCUT2D eigenvalue weighted by Gasteiger charge is 2.14. The summed E-state index contributed by atoms with van der Waals surface area (Å²) in [7, 11) is -7.00. The van der Waals surface area contributed by atoms with Gasteiger partial charge in [-0.25, -0.2) is 31.3 Å². The smallest absolute Gasteiger partial charge is 0.355 e. The Balaban J connectivity index is 2.44. The Morgan fingerprint density at radius 2 is 2.00 bits per heavy atom. The lowest BCUT2D eigenvalue weighted by Gasteiger charge is -2.04. The van der Waals surface area contributed by atoms with Gasteiger partial charge in [0, 0.05) is 24.6 Å². The molecule has 0 aromatic carbocycles. The van der Waals surface area contributed by atoms with Crippen molar-refractivity contribution in [3.63, 3.8) is 0 Å². The second kappa shape index (κ2) is 6.61. The molecule has 0 aliphatic carbocycles. The van der Waals surface area contributed by atoms with Gasteiger partial charge in [0.25, 0.3) is 0 Å². The van der Waals surface area contributed by atoms with Crippen molar-refractivity contribution in [3.05, 3.63) is 16.1 Å². The van der Waals surface area contributed by atoms with Gasteiger partial charge in [0.15, 0.2) is 5.69 Å². The van der Waals surface area contributed by atoms with Crippen molar-refractivity contribution >= 4 is 37.2 Å². The van der Waals surface area contributed by atoms with Gasteiger partial charge in [-0.15, -0.1) is 11.3 Å². The van der Waals surface area contributed by atoms with Crippen LogP contribution >= 0.6 is 11.3 Å². The number of carboxylic acid groups (broad SMARTS) is 1. The minimum atomic E-state index is -3.66. The van der Waals surface area contributed by atoms with Crippen molar-refractivity contribution in [3.8, 4) is 0 Å². The lowest BCUT2D eigenvalue weighted by Crippen LogP contribution is -2.31. The van der Waals surface area contributed by atoms with Crippen LogP contribution in [0.4, 0.5) is 0 Å². The molecule has 1 aromatic rings. The summed E-state index contributed by atoms with van der Waals surface area (Å²) in [5.41, 5.74) is -0.0788. The molecule has 0 saturated carbocycles. The molecule has 114 valence electrons. The van der Waals surface area contributed by atoms with E-state index < -0.39 is 37.3 Å². The number of sulfone groups is 1. The molecule has 0 bridgehead atoms. The monoisotopic (exact) mass is 342 g/mol. The SMILES string of the molecule is CS(=O)(=O)CCS(=O)(=O)NCCc1nc(C(=O)O)cs1. The van der Waals surface area contributed by atoms with Crippen LogP contribution in [0.5, 0.6) is 0 Å². The van der Waals surface area contributed by atoms with E-state index >= 15 is 0 Å². The molecule has 1 aromatic heterocycles. The Morgan fingerprint density at radius 3 is 2.50 bits per heavy atom. The van der Waals surface area contributed by atoms with Crippen LogP contribution in [-0.2, 0) is 26.3 Å². The van der Waals surface area contributed by atoms with Crippen molar-refractivity contribution in [1.82, 2.24) is 9.71 Å². The average Bonchev–Trinajstić information content (AvgIpc) is 2.74. The zero-order valence-electron chi connectivity index (χ0n) is 10.6. The van der Waals surface area contributed by atoms with Crippen LogP contribution < -0.4 is 4.72 Å². The van der Waals surface area contributed by atoms with Gasteiger partial charge in [-0.3, -0.25) is 0 Å². The molecule has 0 aliphatic heterocycles. The van der Waals surface area contributed by atoms with Gasteiger partial charge >= 0.3 is 5.97 Å². The average molecular weight is 342 g/mol. The summed E-state index contributed by atoms with van der Waals surface area (Å²) in [4.78, 5) is 14.4. The van der Waals surface area contributed by atoms with Crippen LogP contribution in [0.3, 0.4) is 0 Å². The molecule has 11 heteroatoms.